The van der Waals surface area contributed by atoms with Gasteiger partial charge >= 0.3 is 0 Å². The van der Waals surface area contributed by atoms with E-state index in [2.05, 4.69) is 23.3 Å². The summed E-state index contributed by atoms with van der Waals surface area (Å²) < 4.78 is 18.9. The number of nitrogens with one attached hydrogen (secondary N) is 2. The first kappa shape index (κ1) is 15.6. The Morgan fingerprint density at radius 2 is 2.00 bits per heavy atom. The van der Waals surface area contributed by atoms with Gasteiger partial charge in [-0.3, -0.25) is 0 Å². The summed E-state index contributed by atoms with van der Waals surface area (Å²) in [6.07, 6.45) is 0.882. The van der Waals surface area contributed by atoms with Gasteiger partial charge in [-0.05, 0) is 49.7 Å². The van der Waals surface area contributed by atoms with Gasteiger partial charge in [-0.2, -0.15) is 0 Å². The zero-order valence-electron chi connectivity index (χ0n) is 13.4. The molecule has 0 aliphatic carbocycles. The third-order valence-electron chi connectivity index (χ3n) is 4.15. The first-order valence-electron chi connectivity index (χ1n) is 7.78. The molecular formula is C19H21FN2O. The highest BCUT2D eigenvalue weighted by Crippen LogP contribution is 2.26. The van der Waals surface area contributed by atoms with E-state index in [0.29, 0.717) is 12.1 Å². The third-order valence-corrected chi connectivity index (χ3v) is 4.15. The van der Waals surface area contributed by atoms with Crippen molar-refractivity contribution < 1.29 is 9.13 Å². The second-order valence-corrected chi connectivity index (χ2v) is 5.66. The van der Waals surface area contributed by atoms with Crippen molar-refractivity contribution in [3.8, 4) is 5.75 Å². The van der Waals surface area contributed by atoms with Gasteiger partial charge in [0.25, 0.3) is 0 Å². The molecule has 3 rings (SSSR count). The molecule has 0 radical (unpaired) electrons. The molecule has 120 valence electrons. The van der Waals surface area contributed by atoms with Crippen molar-refractivity contribution in [1.82, 2.24) is 10.3 Å². The number of fused-ring (bicyclic) bond motifs is 1. The van der Waals surface area contributed by atoms with Gasteiger partial charge in [-0.15, -0.1) is 0 Å². The van der Waals surface area contributed by atoms with Crippen molar-refractivity contribution in [2.75, 3.05) is 13.7 Å². The van der Waals surface area contributed by atoms with E-state index in [-0.39, 0.29) is 5.82 Å². The number of halogens is 1. The molecule has 0 unspecified atom stereocenters. The average molecular weight is 312 g/mol. The maximum absolute atomic E-state index is 13.6. The highest BCUT2D eigenvalue weighted by molar-refractivity contribution is 5.86. The Labute approximate surface area is 135 Å². The number of hydrogen-bond acceptors (Lipinski definition) is 2. The molecule has 0 bridgehead atoms. The monoisotopic (exact) mass is 312 g/mol. The summed E-state index contributed by atoms with van der Waals surface area (Å²) in [6, 6.07) is 12.9. The number of rotatable bonds is 6. The summed E-state index contributed by atoms with van der Waals surface area (Å²) in [6.45, 7) is 3.41. The smallest absolute Gasteiger partial charge is 0.127 e. The molecule has 1 heterocycles. The Morgan fingerprint density at radius 1 is 1.17 bits per heavy atom. The Kier molecular flexibility index (Phi) is 4.63. The van der Waals surface area contributed by atoms with Gasteiger partial charge in [0, 0.05) is 28.7 Å². The fraction of sp³-hybridized carbons (Fsp3) is 0.263. The molecule has 3 nitrogen and oxygen atoms in total. The molecule has 0 aliphatic rings. The van der Waals surface area contributed by atoms with Crippen molar-refractivity contribution in [3.05, 3.63) is 65.1 Å². The van der Waals surface area contributed by atoms with Crippen LogP contribution in [0.1, 0.15) is 16.8 Å². The second-order valence-electron chi connectivity index (χ2n) is 5.66. The van der Waals surface area contributed by atoms with Gasteiger partial charge in [0.1, 0.15) is 11.6 Å². The number of aromatic nitrogens is 1. The Morgan fingerprint density at radius 3 is 2.78 bits per heavy atom. The second kappa shape index (κ2) is 6.84. The van der Waals surface area contributed by atoms with Crippen LogP contribution < -0.4 is 10.1 Å². The van der Waals surface area contributed by atoms with Gasteiger partial charge < -0.3 is 15.0 Å². The van der Waals surface area contributed by atoms with Crippen molar-refractivity contribution in [2.45, 2.75) is 19.9 Å². The molecule has 0 atom stereocenters. The number of aromatic amines is 1. The lowest BCUT2D eigenvalue weighted by Crippen LogP contribution is -2.17. The first-order chi connectivity index (χ1) is 11.2. The van der Waals surface area contributed by atoms with Crippen LogP contribution >= 0.6 is 0 Å². The van der Waals surface area contributed by atoms with E-state index in [0.717, 1.165) is 24.2 Å². The van der Waals surface area contributed by atoms with Crippen LogP contribution in [-0.2, 0) is 13.0 Å². The quantitative estimate of drug-likeness (QED) is 0.676. The van der Waals surface area contributed by atoms with Crippen LogP contribution in [0.25, 0.3) is 10.9 Å². The lowest BCUT2D eigenvalue weighted by molar-refractivity contribution is 0.415. The molecule has 0 aliphatic heterocycles. The summed E-state index contributed by atoms with van der Waals surface area (Å²) >= 11 is 0. The Hall–Kier alpha value is -2.33. The van der Waals surface area contributed by atoms with Gasteiger partial charge in [0.2, 0.25) is 0 Å². The van der Waals surface area contributed by atoms with E-state index >= 15 is 0 Å². The molecule has 23 heavy (non-hydrogen) atoms. The standard InChI is InChI=1S/C19H21FN2O/c1-13-16(17-11-15(23-2)7-8-19(17)22-13)9-10-21-12-14-5-3-4-6-18(14)20/h3-8,11,21-22H,9-10,12H2,1-2H3. The maximum atomic E-state index is 13.6. The van der Waals surface area contributed by atoms with E-state index in [1.165, 1.54) is 22.7 Å². The first-order valence-corrected chi connectivity index (χ1v) is 7.78. The minimum absolute atomic E-state index is 0.159. The molecule has 2 N–H and O–H groups in total. The van der Waals surface area contributed by atoms with E-state index in [4.69, 9.17) is 4.74 Å². The fourth-order valence-electron chi connectivity index (χ4n) is 2.89. The lowest BCUT2D eigenvalue weighted by atomic mass is 10.1. The largest absolute Gasteiger partial charge is 0.497 e. The van der Waals surface area contributed by atoms with Gasteiger partial charge in [0.05, 0.1) is 7.11 Å². The normalized spacial score (nSPS) is 11.1. The summed E-state index contributed by atoms with van der Waals surface area (Å²) in [4.78, 5) is 3.40. The SMILES string of the molecule is COc1ccc2[nH]c(C)c(CCNCc3ccccc3F)c2c1. The Bertz CT molecular complexity index is 810. The van der Waals surface area contributed by atoms with Crippen LogP contribution in [0, 0.1) is 12.7 Å². The summed E-state index contributed by atoms with van der Waals surface area (Å²) in [7, 11) is 1.68. The zero-order chi connectivity index (χ0) is 16.2. The minimum Gasteiger partial charge on any atom is -0.497 e. The van der Waals surface area contributed by atoms with Crippen molar-refractivity contribution in [1.29, 1.82) is 0 Å². The number of H-pyrrole nitrogens is 1. The van der Waals surface area contributed by atoms with E-state index in [1.54, 1.807) is 13.2 Å². The molecule has 0 spiro atoms. The predicted molar refractivity (Wildman–Crippen MR) is 91.4 cm³/mol. The van der Waals surface area contributed by atoms with Crippen LogP contribution in [0.5, 0.6) is 5.75 Å². The van der Waals surface area contributed by atoms with Gasteiger partial charge in [-0.1, -0.05) is 18.2 Å². The summed E-state index contributed by atoms with van der Waals surface area (Å²) in [5.74, 6) is 0.699. The van der Waals surface area contributed by atoms with Gasteiger partial charge in [0.15, 0.2) is 0 Å². The molecule has 0 amide bonds. The third kappa shape index (κ3) is 3.37. The van der Waals surface area contributed by atoms with E-state index < -0.39 is 0 Å². The lowest BCUT2D eigenvalue weighted by Gasteiger charge is -2.07. The molecule has 1 aromatic heterocycles. The highest BCUT2D eigenvalue weighted by Gasteiger charge is 2.09. The van der Waals surface area contributed by atoms with E-state index in [1.807, 2.05) is 24.3 Å². The minimum atomic E-state index is -0.159. The molecule has 2 aromatic carbocycles. The van der Waals surface area contributed by atoms with E-state index in [9.17, 15) is 4.39 Å². The summed E-state index contributed by atoms with van der Waals surface area (Å²) in [5.41, 5.74) is 4.26. The van der Waals surface area contributed by atoms with Crippen molar-refractivity contribution in [2.24, 2.45) is 0 Å². The topological polar surface area (TPSA) is 37.0 Å². The fourth-order valence-corrected chi connectivity index (χ4v) is 2.89. The molecule has 4 heteroatoms. The van der Waals surface area contributed by atoms with Crippen LogP contribution in [0.3, 0.4) is 0 Å². The number of ether oxygens (including phenoxy) is 1. The average Bonchev–Trinajstić information content (AvgIpc) is 2.87. The molecule has 0 saturated heterocycles. The maximum Gasteiger partial charge on any atom is 0.127 e. The summed E-state index contributed by atoms with van der Waals surface area (Å²) in [5, 5.41) is 4.51. The highest BCUT2D eigenvalue weighted by atomic mass is 19.1. The number of methoxy groups -OCH3 is 1. The number of benzene rings is 2. The molecule has 3 aromatic rings. The van der Waals surface area contributed by atoms with Crippen LogP contribution in [-0.4, -0.2) is 18.6 Å². The number of hydrogen-bond donors (Lipinski definition) is 2. The van der Waals surface area contributed by atoms with Crippen LogP contribution in [0.2, 0.25) is 0 Å². The van der Waals surface area contributed by atoms with Gasteiger partial charge in [-0.25, -0.2) is 4.39 Å². The Balaban J connectivity index is 1.67. The van der Waals surface area contributed by atoms with Crippen LogP contribution in [0.15, 0.2) is 42.5 Å². The number of aryl methyl sites for hydroxylation is 1. The van der Waals surface area contributed by atoms with Crippen molar-refractivity contribution >= 4 is 10.9 Å². The predicted octanol–water partition coefficient (Wildman–Crippen LogP) is 3.96. The zero-order valence-corrected chi connectivity index (χ0v) is 13.4. The molecular weight excluding hydrogens is 291 g/mol. The molecule has 0 fully saturated rings. The molecule has 0 saturated carbocycles. The van der Waals surface area contributed by atoms with Crippen LogP contribution in [0.4, 0.5) is 4.39 Å². The van der Waals surface area contributed by atoms with Crippen molar-refractivity contribution in [3.63, 3.8) is 0 Å².